The molecule has 0 saturated heterocycles. The summed E-state index contributed by atoms with van der Waals surface area (Å²) in [6.07, 6.45) is 6.55. The van der Waals surface area contributed by atoms with Crippen LogP contribution in [-0.2, 0) is 4.79 Å². The molecule has 2 unspecified atom stereocenters. The van der Waals surface area contributed by atoms with Crippen LogP contribution in [0.25, 0.3) is 0 Å². The molecule has 0 aromatic heterocycles. The maximum atomic E-state index is 12.0. The molecule has 2 fully saturated rings. The lowest BCUT2D eigenvalue weighted by Crippen LogP contribution is -2.37. The lowest BCUT2D eigenvalue weighted by molar-refractivity contribution is -0.125. The van der Waals surface area contributed by atoms with Crippen LogP contribution < -0.4 is 11.1 Å². The van der Waals surface area contributed by atoms with Gasteiger partial charge >= 0.3 is 0 Å². The molecule has 2 atom stereocenters. The monoisotopic (exact) mass is 238 g/mol. The quantitative estimate of drug-likeness (QED) is 0.787. The van der Waals surface area contributed by atoms with E-state index in [1.165, 1.54) is 12.8 Å². The number of hydrogen-bond acceptors (Lipinski definition) is 2. The van der Waals surface area contributed by atoms with Gasteiger partial charge in [0.1, 0.15) is 0 Å². The van der Waals surface area contributed by atoms with Crippen molar-refractivity contribution in [2.45, 2.75) is 64.5 Å². The van der Waals surface area contributed by atoms with Gasteiger partial charge in [0.25, 0.3) is 0 Å². The molecule has 2 saturated carbocycles. The van der Waals surface area contributed by atoms with Gasteiger partial charge in [-0.25, -0.2) is 0 Å². The van der Waals surface area contributed by atoms with Crippen molar-refractivity contribution < 1.29 is 4.79 Å². The third kappa shape index (κ3) is 2.82. The largest absolute Gasteiger partial charge is 0.353 e. The van der Waals surface area contributed by atoms with E-state index in [0.29, 0.717) is 12.1 Å². The topological polar surface area (TPSA) is 55.1 Å². The lowest BCUT2D eigenvalue weighted by Gasteiger charge is -2.18. The van der Waals surface area contributed by atoms with E-state index in [1.54, 1.807) is 0 Å². The zero-order valence-electron chi connectivity index (χ0n) is 11.1. The first-order valence-electron chi connectivity index (χ1n) is 7.19. The molecule has 0 aromatic carbocycles. The standard InChI is InChI=1S/C14H26N2O/c1-3-9(4-2)14(17)16-13-7-10-5-12(15)6-11(10)8-13/h9-13H,3-8,15H2,1-2H3,(H,16,17). The Balaban J connectivity index is 1.81. The third-order valence-electron chi connectivity index (χ3n) is 4.75. The number of rotatable bonds is 4. The summed E-state index contributed by atoms with van der Waals surface area (Å²) in [7, 11) is 0. The van der Waals surface area contributed by atoms with Crippen LogP contribution in [0.2, 0.25) is 0 Å². The Hall–Kier alpha value is -0.570. The van der Waals surface area contributed by atoms with E-state index in [1.807, 2.05) is 0 Å². The van der Waals surface area contributed by atoms with Crippen molar-refractivity contribution in [1.82, 2.24) is 5.32 Å². The predicted molar refractivity (Wildman–Crippen MR) is 69.4 cm³/mol. The number of nitrogens with one attached hydrogen (secondary N) is 1. The summed E-state index contributed by atoms with van der Waals surface area (Å²) in [5, 5.41) is 3.24. The van der Waals surface area contributed by atoms with Gasteiger partial charge in [-0.3, -0.25) is 4.79 Å². The second-order valence-corrected chi connectivity index (χ2v) is 5.94. The zero-order valence-corrected chi connectivity index (χ0v) is 11.1. The van der Waals surface area contributed by atoms with Crippen LogP contribution in [0.4, 0.5) is 0 Å². The van der Waals surface area contributed by atoms with E-state index in [2.05, 4.69) is 19.2 Å². The van der Waals surface area contributed by atoms with Crippen LogP contribution >= 0.6 is 0 Å². The maximum Gasteiger partial charge on any atom is 0.223 e. The summed E-state index contributed by atoms with van der Waals surface area (Å²) in [5.41, 5.74) is 5.98. The molecule has 3 heteroatoms. The first-order valence-corrected chi connectivity index (χ1v) is 7.19. The number of amides is 1. The summed E-state index contributed by atoms with van der Waals surface area (Å²) in [4.78, 5) is 12.0. The minimum absolute atomic E-state index is 0.206. The number of carbonyl (C=O) groups is 1. The summed E-state index contributed by atoms with van der Waals surface area (Å²) in [5.74, 6) is 2.02. The van der Waals surface area contributed by atoms with Gasteiger partial charge in [0.05, 0.1) is 0 Å². The fraction of sp³-hybridized carbons (Fsp3) is 0.929. The van der Waals surface area contributed by atoms with Crippen LogP contribution in [0.15, 0.2) is 0 Å². The highest BCUT2D eigenvalue weighted by Crippen LogP contribution is 2.43. The van der Waals surface area contributed by atoms with Gasteiger partial charge in [0, 0.05) is 18.0 Å². The second-order valence-electron chi connectivity index (χ2n) is 5.94. The third-order valence-corrected chi connectivity index (χ3v) is 4.75. The second kappa shape index (κ2) is 5.38. The Kier molecular flexibility index (Phi) is 4.08. The zero-order chi connectivity index (χ0) is 12.4. The van der Waals surface area contributed by atoms with Crippen molar-refractivity contribution in [3.8, 4) is 0 Å². The van der Waals surface area contributed by atoms with Gasteiger partial charge in [-0.1, -0.05) is 13.8 Å². The van der Waals surface area contributed by atoms with Crippen molar-refractivity contribution in [1.29, 1.82) is 0 Å². The Morgan fingerprint density at radius 3 is 2.18 bits per heavy atom. The number of hydrogen-bond donors (Lipinski definition) is 2. The van der Waals surface area contributed by atoms with Crippen molar-refractivity contribution in [2.75, 3.05) is 0 Å². The fourth-order valence-corrected chi connectivity index (χ4v) is 3.76. The molecule has 2 rings (SSSR count). The SMILES string of the molecule is CCC(CC)C(=O)NC1CC2CC(N)CC2C1. The molecule has 98 valence electrons. The summed E-state index contributed by atoms with van der Waals surface area (Å²) in [6, 6.07) is 0.839. The summed E-state index contributed by atoms with van der Waals surface area (Å²) >= 11 is 0. The minimum Gasteiger partial charge on any atom is -0.353 e. The van der Waals surface area contributed by atoms with Gasteiger partial charge in [0.15, 0.2) is 0 Å². The van der Waals surface area contributed by atoms with Crippen molar-refractivity contribution in [3.05, 3.63) is 0 Å². The highest BCUT2D eigenvalue weighted by molar-refractivity contribution is 5.78. The van der Waals surface area contributed by atoms with Crippen LogP contribution in [0, 0.1) is 17.8 Å². The molecular formula is C14H26N2O. The predicted octanol–water partition coefficient (Wildman–Crippen LogP) is 2.05. The smallest absolute Gasteiger partial charge is 0.223 e. The maximum absolute atomic E-state index is 12.0. The molecule has 1 amide bonds. The van der Waals surface area contributed by atoms with Gasteiger partial charge in [-0.15, -0.1) is 0 Å². The first-order chi connectivity index (χ1) is 8.13. The number of nitrogens with two attached hydrogens (primary N) is 1. The van der Waals surface area contributed by atoms with Crippen LogP contribution in [0.3, 0.4) is 0 Å². The lowest BCUT2D eigenvalue weighted by atomic mass is 10.0. The molecule has 17 heavy (non-hydrogen) atoms. The number of carbonyl (C=O) groups excluding carboxylic acids is 1. The molecule has 2 aliphatic rings. The van der Waals surface area contributed by atoms with E-state index < -0.39 is 0 Å². The Morgan fingerprint density at radius 2 is 1.71 bits per heavy atom. The molecule has 0 bridgehead atoms. The van der Waals surface area contributed by atoms with E-state index in [0.717, 1.165) is 37.5 Å². The van der Waals surface area contributed by atoms with Crippen LogP contribution in [0.5, 0.6) is 0 Å². The van der Waals surface area contributed by atoms with Crippen molar-refractivity contribution in [3.63, 3.8) is 0 Å². The molecule has 0 heterocycles. The van der Waals surface area contributed by atoms with Gasteiger partial charge in [-0.2, -0.15) is 0 Å². The summed E-state index contributed by atoms with van der Waals surface area (Å²) < 4.78 is 0. The normalized spacial score (nSPS) is 36.2. The first kappa shape index (κ1) is 12.9. The van der Waals surface area contributed by atoms with Crippen LogP contribution in [0.1, 0.15) is 52.4 Å². The van der Waals surface area contributed by atoms with Crippen LogP contribution in [-0.4, -0.2) is 18.0 Å². The average molecular weight is 238 g/mol. The molecule has 3 N–H and O–H groups in total. The molecule has 0 spiro atoms. The van der Waals surface area contributed by atoms with E-state index >= 15 is 0 Å². The average Bonchev–Trinajstić information content (AvgIpc) is 2.76. The minimum atomic E-state index is 0.206. The van der Waals surface area contributed by atoms with Gasteiger partial charge in [-0.05, 0) is 50.4 Å². The molecule has 0 aromatic rings. The molecule has 0 radical (unpaired) electrons. The molecule has 0 aliphatic heterocycles. The van der Waals surface area contributed by atoms with E-state index in [4.69, 9.17) is 5.73 Å². The molecular weight excluding hydrogens is 212 g/mol. The van der Waals surface area contributed by atoms with Crippen molar-refractivity contribution in [2.24, 2.45) is 23.5 Å². The summed E-state index contributed by atoms with van der Waals surface area (Å²) in [6.45, 7) is 4.19. The highest BCUT2D eigenvalue weighted by Gasteiger charge is 2.41. The molecule has 2 aliphatic carbocycles. The van der Waals surface area contributed by atoms with Gasteiger partial charge < -0.3 is 11.1 Å². The van der Waals surface area contributed by atoms with E-state index in [-0.39, 0.29) is 11.8 Å². The number of fused-ring (bicyclic) bond motifs is 1. The Morgan fingerprint density at radius 1 is 1.18 bits per heavy atom. The Bertz CT molecular complexity index is 261. The van der Waals surface area contributed by atoms with E-state index in [9.17, 15) is 4.79 Å². The molecule has 3 nitrogen and oxygen atoms in total. The fourth-order valence-electron chi connectivity index (χ4n) is 3.76. The van der Waals surface area contributed by atoms with Crippen molar-refractivity contribution >= 4 is 5.91 Å². The van der Waals surface area contributed by atoms with Gasteiger partial charge in [0.2, 0.25) is 5.91 Å². The Labute approximate surface area is 105 Å². The highest BCUT2D eigenvalue weighted by atomic mass is 16.1.